The van der Waals surface area contributed by atoms with Crippen LogP contribution < -0.4 is 5.73 Å². The van der Waals surface area contributed by atoms with Gasteiger partial charge in [-0.3, -0.25) is 0 Å². The van der Waals surface area contributed by atoms with Gasteiger partial charge in [0.1, 0.15) is 5.82 Å². The Hall–Kier alpha value is -0.780. The smallest absolute Gasteiger partial charge is 0.174 e. The average Bonchev–Trinajstić information content (AvgIpc) is 2.60. The first kappa shape index (κ1) is 11.7. The fraction of sp³-hybridized carbons (Fsp3) is 0.200. The van der Waals surface area contributed by atoms with Crippen molar-refractivity contribution in [2.75, 3.05) is 5.73 Å². The van der Waals surface area contributed by atoms with Gasteiger partial charge in [-0.2, -0.15) is 4.37 Å². The van der Waals surface area contributed by atoms with Gasteiger partial charge in [0.25, 0.3) is 0 Å². The van der Waals surface area contributed by atoms with Crippen LogP contribution in [0, 0.1) is 13.8 Å². The van der Waals surface area contributed by atoms with Crippen LogP contribution in [0.4, 0.5) is 5.69 Å². The summed E-state index contributed by atoms with van der Waals surface area (Å²) in [7, 11) is 0. The van der Waals surface area contributed by atoms with E-state index in [-0.39, 0.29) is 0 Å². The first-order valence-electron chi connectivity index (χ1n) is 4.60. The summed E-state index contributed by atoms with van der Waals surface area (Å²) < 4.78 is 5.05. The number of hydrogen-bond acceptors (Lipinski definition) is 5. The predicted molar refractivity (Wildman–Crippen MR) is 69.4 cm³/mol. The summed E-state index contributed by atoms with van der Waals surface area (Å²) in [5.74, 6) is 0.798. The third kappa shape index (κ3) is 2.48. The van der Waals surface area contributed by atoms with Gasteiger partial charge in [-0.25, -0.2) is 4.98 Å². The first-order chi connectivity index (χ1) is 7.56. The highest BCUT2D eigenvalue weighted by atomic mass is 35.5. The number of aryl methyl sites for hydroxylation is 2. The average molecular weight is 272 g/mol. The Morgan fingerprint density at radius 3 is 2.75 bits per heavy atom. The van der Waals surface area contributed by atoms with Gasteiger partial charge in [0.15, 0.2) is 4.34 Å². The Labute approximate surface area is 107 Å². The Kier molecular flexibility index (Phi) is 3.37. The second-order valence-corrected chi connectivity index (χ2v) is 5.80. The minimum Gasteiger partial charge on any atom is -0.398 e. The Balaban J connectivity index is 2.31. The van der Waals surface area contributed by atoms with Crippen molar-refractivity contribution in [3.8, 4) is 0 Å². The van der Waals surface area contributed by atoms with Crippen molar-refractivity contribution < 1.29 is 0 Å². The highest BCUT2D eigenvalue weighted by Crippen LogP contribution is 2.35. The summed E-state index contributed by atoms with van der Waals surface area (Å²) in [5, 5.41) is 0.578. The van der Waals surface area contributed by atoms with E-state index in [1.807, 2.05) is 26.0 Å². The summed E-state index contributed by atoms with van der Waals surface area (Å²) in [6, 6.07) is 3.74. The maximum Gasteiger partial charge on any atom is 0.174 e. The molecule has 0 atom stereocenters. The molecule has 84 valence electrons. The largest absolute Gasteiger partial charge is 0.398 e. The molecule has 16 heavy (non-hydrogen) atoms. The number of aromatic nitrogens is 2. The van der Waals surface area contributed by atoms with Crippen LogP contribution in [0.15, 0.2) is 21.4 Å². The molecule has 3 nitrogen and oxygen atoms in total. The second kappa shape index (κ2) is 4.61. The van der Waals surface area contributed by atoms with Gasteiger partial charge in [0, 0.05) is 4.90 Å². The molecule has 0 bridgehead atoms. The summed E-state index contributed by atoms with van der Waals surface area (Å²) in [6.45, 7) is 3.88. The molecule has 0 saturated carbocycles. The first-order valence-corrected chi connectivity index (χ1v) is 6.57. The number of halogens is 1. The number of nitrogens with zero attached hydrogens (tertiary/aromatic N) is 2. The number of anilines is 1. The lowest BCUT2D eigenvalue weighted by Gasteiger charge is -2.05. The van der Waals surface area contributed by atoms with Gasteiger partial charge in [0.05, 0.1) is 10.7 Å². The number of nitrogens with two attached hydrogens (primary N) is 1. The van der Waals surface area contributed by atoms with Crippen molar-refractivity contribution in [2.45, 2.75) is 23.1 Å². The zero-order valence-corrected chi connectivity index (χ0v) is 11.2. The normalized spacial score (nSPS) is 10.7. The Morgan fingerprint density at radius 2 is 2.12 bits per heavy atom. The summed E-state index contributed by atoms with van der Waals surface area (Å²) in [4.78, 5) is 5.36. The van der Waals surface area contributed by atoms with Gasteiger partial charge in [-0.1, -0.05) is 23.4 Å². The summed E-state index contributed by atoms with van der Waals surface area (Å²) >= 11 is 8.94. The van der Waals surface area contributed by atoms with Crippen molar-refractivity contribution >= 4 is 40.6 Å². The second-order valence-electron chi connectivity index (χ2n) is 3.35. The van der Waals surface area contributed by atoms with E-state index in [1.54, 1.807) is 11.8 Å². The van der Waals surface area contributed by atoms with Crippen molar-refractivity contribution in [3.05, 3.63) is 28.5 Å². The Bertz CT molecular complexity index is 525. The van der Waals surface area contributed by atoms with E-state index in [2.05, 4.69) is 9.36 Å². The molecule has 0 fully saturated rings. The SMILES string of the molecule is Cc1nsc(Sc2cc(Cl)c(N)cc2C)n1. The molecule has 0 aliphatic rings. The van der Waals surface area contributed by atoms with Crippen molar-refractivity contribution in [3.63, 3.8) is 0 Å². The van der Waals surface area contributed by atoms with E-state index in [4.69, 9.17) is 17.3 Å². The van der Waals surface area contributed by atoms with E-state index in [9.17, 15) is 0 Å². The zero-order valence-electron chi connectivity index (χ0n) is 8.82. The molecular weight excluding hydrogens is 262 g/mol. The number of benzene rings is 1. The standard InChI is InChI=1S/C10H10ClN3S2/c1-5-3-8(12)7(11)4-9(5)15-10-13-6(2)14-16-10/h3-4H,12H2,1-2H3. The van der Waals surface area contributed by atoms with Crippen molar-refractivity contribution in [2.24, 2.45) is 0 Å². The molecule has 1 aromatic heterocycles. The van der Waals surface area contributed by atoms with E-state index in [0.29, 0.717) is 10.7 Å². The molecule has 6 heteroatoms. The lowest BCUT2D eigenvalue weighted by molar-refractivity contribution is 1.10. The molecule has 1 heterocycles. The maximum atomic E-state index is 5.99. The zero-order chi connectivity index (χ0) is 11.7. The third-order valence-electron chi connectivity index (χ3n) is 2.00. The monoisotopic (exact) mass is 271 g/mol. The van der Waals surface area contributed by atoms with Crippen LogP contribution in [0.5, 0.6) is 0 Å². The number of rotatable bonds is 2. The van der Waals surface area contributed by atoms with Gasteiger partial charge in [-0.05, 0) is 43.1 Å². The number of hydrogen-bond donors (Lipinski definition) is 1. The molecule has 0 radical (unpaired) electrons. The van der Waals surface area contributed by atoms with E-state index in [0.717, 1.165) is 20.6 Å². The highest BCUT2D eigenvalue weighted by Gasteiger charge is 2.08. The molecular formula is C10H10ClN3S2. The molecule has 2 N–H and O–H groups in total. The van der Waals surface area contributed by atoms with Gasteiger partial charge < -0.3 is 5.73 Å². The maximum absolute atomic E-state index is 5.99. The molecule has 2 rings (SSSR count). The lowest BCUT2D eigenvalue weighted by Crippen LogP contribution is -1.89. The van der Waals surface area contributed by atoms with Crippen molar-refractivity contribution in [1.29, 1.82) is 0 Å². The minimum absolute atomic E-state index is 0.578. The molecule has 0 amide bonds. The van der Waals surface area contributed by atoms with Crippen LogP contribution in [-0.2, 0) is 0 Å². The minimum atomic E-state index is 0.578. The van der Waals surface area contributed by atoms with Crippen LogP contribution >= 0.6 is 34.9 Å². The Morgan fingerprint density at radius 1 is 1.38 bits per heavy atom. The fourth-order valence-corrected chi connectivity index (χ4v) is 3.15. The molecule has 0 unspecified atom stereocenters. The van der Waals surface area contributed by atoms with Crippen molar-refractivity contribution in [1.82, 2.24) is 9.36 Å². The van der Waals surface area contributed by atoms with Gasteiger partial charge >= 0.3 is 0 Å². The predicted octanol–water partition coefficient (Wildman–Crippen LogP) is 3.54. The molecule has 1 aromatic carbocycles. The fourth-order valence-electron chi connectivity index (χ4n) is 1.21. The van der Waals surface area contributed by atoms with Crippen LogP contribution in [0.25, 0.3) is 0 Å². The number of nitrogen functional groups attached to an aromatic ring is 1. The highest BCUT2D eigenvalue weighted by molar-refractivity contribution is 8.01. The van der Waals surface area contributed by atoms with E-state index in [1.165, 1.54) is 11.5 Å². The van der Waals surface area contributed by atoms with E-state index < -0.39 is 0 Å². The molecule has 0 aliphatic carbocycles. The van der Waals surface area contributed by atoms with E-state index >= 15 is 0 Å². The molecule has 2 aromatic rings. The topological polar surface area (TPSA) is 51.8 Å². The van der Waals surface area contributed by atoms with Crippen LogP contribution in [0.1, 0.15) is 11.4 Å². The summed E-state index contributed by atoms with van der Waals surface area (Å²) in [5.41, 5.74) is 7.43. The molecule has 0 saturated heterocycles. The van der Waals surface area contributed by atoms with Crippen LogP contribution in [0.2, 0.25) is 5.02 Å². The van der Waals surface area contributed by atoms with Crippen LogP contribution in [0.3, 0.4) is 0 Å². The van der Waals surface area contributed by atoms with Gasteiger partial charge in [0.2, 0.25) is 0 Å². The molecule has 0 aliphatic heterocycles. The van der Waals surface area contributed by atoms with Gasteiger partial charge in [-0.15, -0.1) is 0 Å². The lowest BCUT2D eigenvalue weighted by atomic mass is 10.2. The molecule has 0 spiro atoms. The summed E-state index contributed by atoms with van der Waals surface area (Å²) in [6.07, 6.45) is 0. The third-order valence-corrected chi connectivity index (χ3v) is 4.33. The van der Waals surface area contributed by atoms with Crippen LogP contribution in [-0.4, -0.2) is 9.36 Å². The quantitative estimate of drug-likeness (QED) is 0.849.